The van der Waals surface area contributed by atoms with Crippen LogP contribution in [0, 0.1) is 5.92 Å². The average Bonchev–Trinajstić information content (AvgIpc) is 3.16. The van der Waals surface area contributed by atoms with Crippen molar-refractivity contribution in [1.82, 2.24) is 10.1 Å². The predicted octanol–water partition coefficient (Wildman–Crippen LogP) is 2.78. The van der Waals surface area contributed by atoms with Crippen molar-refractivity contribution in [3.63, 3.8) is 0 Å². The Kier molecular flexibility index (Phi) is 3.64. The van der Waals surface area contributed by atoms with E-state index in [0.717, 1.165) is 38.5 Å². The topological polar surface area (TPSA) is 65.2 Å². The standard InChI is InChI=1S/C14H20N2O3/c1-18-12(9-7-8-9)13-15-14(19-16-13)10-5-3-2-4-6-11(10)17/h9-10,12H,2-8H2,1H3. The van der Waals surface area contributed by atoms with Crippen LogP contribution in [-0.2, 0) is 9.53 Å². The Morgan fingerprint density at radius 3 is 2.84 bits per heavy atom. The Bertz CT molecular complexity index is 453. The van der Waals surface area contributed by atoms with Gasteiger partial charge in [0.25, 0.3) is 0 Å². The minimum atomic E-state index is -0.194. The Morgan fingerprint density at radius 2 is 2.11 bits per heavy atom. The normalized spacial score (nSPS) is 26.2. The molecule has 2 aliphatic carbocycles. The number of carbonyl (C=O) groups excluding carboxylic acids is 1. The molecule has 19 heavy (non-hydrogen) atoms. The first kappa shape index (κ1) is 12.8. The van der Waals surface area contributed by atoms with Crippen molar-refractivity contribution in [2.75, 3.05) is 7.11 Å². The summed E-state index contributed by atoms with van der Waals surface area (Å²) in [7, 11) is 1.68. The number of hydrogen-bond donors (Lipinski definition) is 0. The summed E-state index contributed by atoms with van der Waals surface area (Å²) in [4.78, 5) is 16.5. The summed E-state index contributed by atoms with van der Waals surface area (Å²) in [5.41, 5.74) is 0. The highest BCUT2D eigenvalue weighted by atomic mass is 16.5. The Hall–Kier alpha value is -1.23. The maximum Gasteiger partial charge on any atom is 0.237 e. The lowest BCUT2D eigenvalue weighted by Gasteiger charge is -2.09. The van der Waals surface area contributed by atoms with E-state index in [0.29, 0.717) is 24.1 Å². The molecular weight excluding hydrogens is 244 g/mol. The third-order valence-corrected chi connectivity index (χ3v) is 4.12. The molecule has 5 heteroatoms. The zero-order valence-corrected chi connectivity index (χ0v) is 11.3. The van der Waals surface area contributed by atoms with E-state index in [1.807, 2.05) is 0 Å². The number of rotatable bonds is 4. The van der Waals surface area contributed by atoms with Gasteiger partial charge in [-0.15, -0.1) is 0 Å². The van der Waals surface area contributed by atoms with E-state index in [2.05, 4.69) is 10.1 Å². The lowest BCUT2D eigenvalue weighted by Crippen LogP contribution is -2.11. The van der Waals surface area contributed by atoms with Crippen molar-refractivity contribution in [2.24, 2.45) is 5.92 Å². The highest BCUT2D eigenvalue weighted by Gasteiger charge is 2.37. The summed E-state index contributed by atoms with van der Waals surface area (Å²) in [6, 6.07) is 0. The summed E-state index contributed by atoms with van der Waals surface area (Å²) in [5, 5.41) is 4.03. The van der Waals surface area contributed by atoms with Crippen LogP contribution in [0.15, 0.2) is 4.52 Å². The SMILES string of the molecule is COC(c1noc(C2CCCCCC2=O)n1)C1CC1. The van der Waals surface area contributed by atoms with Crippen molar-refractivity contribution in [2.45, 2.75) is 57.0 Å². The van der Waals surface area contributed by atoms with Crippen LogP contribution in [-0.4, -0.2) is 23.0 Å². The predicted molar refractivity (Wildman–Crippen MR) is 67.6 cm³/mol. The lowest BCUT2D eigenvalue weighted by molar-refractivity contribution is -0.120. The summed E-state index contributed by atoms with van der Waals surface area (Å²) < 4.78 is 10.8. The van der Waals surface area contributed by atoms with E-state index in [9.17, 15) is 4.79 Å². The Morgan fingerprint density at radius 1 is 1.26 bits per heavy atom. The van der Waals surface area contributed by atoms with Gasteiger partial charge in [0.2, 0.25) is 11.7 Å². The van der Waals surface area contributed by atoms with Crippen molar-refractivity contribution in [3.8, 4) is 0 Å². The molecule has 0 spiro atoms. The first-order valence-corrected chi connectivity index (χ1v) is 7.18. The number of methoxy groups -OCH3 is 1. The molecule has 2 atom stereocenters. The lowest BCUT2D eigenvalue weighted by atomic mass is 9.99. The molecule has 1 heterocycles. The molecule has 2 saturated carbocycles. The van der Waals surface area contributed by atoms with Crippen LogP contribution in [0.2, 0.25) is 0 Å². The van der Waals surface area contributed by atoms with Gasteiger partial charge in [-0.2, -0.15) is 4.98 Å². The maximum atomic E-state index is 12.1. The van der Waals surface area contributed by atoms with Gasteiger partial charge < -0.3 is 9.26 Å². The van der Waals surface area contributed by atoms with Gasteiger partial charge in [-0.05, 0) is 31.6 Å². The Balaban J connectivity index is 1.77. The minimum absolute atomic E-state index is 0.0709. The highest BCUT2D eigenvalue weighted by molar-refractivity contribution is 5.84. The van der Waals surface area contributed by atoms with Gasteiger partial charge in [-0.25, -0.2) is 0 Å². The third kappa shape index (κ3) is 2.71. The van der Waals surface area contributed by atoms with Gasteiger partial charge in [-0.1, -0.05) is 18.0 Å². The fraction of sp³-hybridized carbons (Fsp3) is 0.786. The van der Waals surface area contributed by atoms with Crippen LogP contribution in [0.1, 0.15) is 68.7 Å². The van der Waals surface area contributed by atoms with Gasteiger partial charge >= 0.3 is 0 Å². The van der Waals surface area contributed by atoms with E-state index in [-0.39, 0.29) is 17.8 Å². The first-order chi connectivity index (χ1) is 9.29. The Labute approximate surface area is 112 Å². The third-order valence-electron chi connectivity index (χ3n) is 4.12. The van der Waals surface area contributed by atoms with E-state index in [1.165, 1.54) is 0 Å². The summed E-state index contributed by atoms with van der Waals surface area (Å²) in [6.45, 7) is 0. The molecule has 5 nitrogen and oxygen atoms in total. The molecule has 0 saturated heterocycles. The fourth-order valence-electron chi connectivity index (χ4n) is 2.83. The van der Waals surface area contributed by atoms with Gasteiger partial charge in [0, 0.05) is 13.5 Å². The van der Waals surface area contributed by atoms with Crippen LogP contribution in [0.5, 0.6) is 0 Å². The number of ketones is 1. The minimum Gasteiger partial charge on any atom is -0.373 e. The van der Waals surface area contributed by atoms with Crippen LogP contribution < -0.4 is 0 Å². The second-order valence-corrected chi connectivity index (χ2v) is 5.60. The molecule has 104 valence electrons. The summed E-state index contributed by atoms with van der Waals surface area (Å²) >= 11 is 0. The zero-order valence-electron chi connectivity index (χ0n) is 11.3. The van der Waals surface area contributed by atoms with Crippen LogP contribution in [0.25, 0.3) is 0 Å². The second kappa shape index (κ2) is 5.41. The van der Waals surface area contributed by atoms with Crippen molar-refractivity contribution in [1.29, 1.82) is 0 Å². The van der Waals surface area contributed by atoms with E-state index in [1.54, 1.807) is 7.11 Å². The monoisotopic (exact) mass is 264 g/mol. The molecule has 0 radical (unpaired) electrons. The average molecular weight is 264 g/mol. The second-order valence-electron chi connectivity index (χ2n) is 5.60. The molecule has 0 bridgehead atoms. The van der Waals surface area contributed by atoms with E-state index in [4.69, 9.17) is 9.26 Å². The molecule has 0 N–H and O–H groups in total. The summed E-state index contributed by atoms with van der Waals surface area (Å²) in [6.07, 6.45) is 6.88. The largest absolute Gasteiger partial charge is 0.373 e. The van der Waals surface area contributed by atoms with Crippen molar-refractivity contribution >= 4 is 5.78 Å². The number of Topliss-reactive ketones (excluding diaryl/α,β-unsaturated/α-hetero) is 1. The van der Waals surface area contributed by atoms with Gasteiger partial charge in [0.1, 0.15) is 11.9 Å². The quantitative estimate of drug-likeness (QED) is 0.782. The van der Waals surface area contributed by atoms with Crippen molar-refractivity contribution in [3.05, 3.63) is 11.7 Å². The number of hydrogen-bond acceptors (Lipinski definition) is 5. The van der Waals surface area contributed by atoms with Gasteiger partial charge in [0.15, 0.2) is 0 Å². The van der Waals surface area contributed by atoms with Crippen LogP contribution in [0.4, 0.5) is 0 Å². The molecule has 1 aromatic rings. The van der Waals surface area contributed by atoms with E-state index < -0.39 is 0 Å². The molecule has 0 aliphatic heterocycles. The molecule has 2 fully saturated rings. The van der Waals surface area contributed by atoms with E-state index >= 15 is 0 Å². The number of carbonyl (C=O) groups is 1. The molecule has 0 aromatic carbocycles. The van der Waals surface area contributed by atoms with Gasteiger partial charge in [-0.3, -0.25) is 4.79 Å². The smallest absolute Gasteiger partial charge is 0.237 e. The van der Waals surface area contributed by atoms with Crippen molar-refractivity contribution < 1.29 is 14.1 Å². The number of nitrogens with zero attached hydrogens (tertiary/aromatic N) is 2. The summed E-state index contributed by atoms with van der Waals surface area (Å²) in [5.74, 6) is 1.66. The molecule has 3 rings (SSSR count). The zero-order chi connectivity index (χ0) is 13.2. The first-order valence-electron chi connectivity index (χ1n) is 7.18. The van der Waals surface area contributed by atoms with Crippen LogP contribution >= 0.6 is 0 Å². The molecular formula is C14H20N2O3. The van der Waals surface area contributed by atoms with Gasteiger partial charge in [0.05, 0.1) is 5.92 Å². The molecule has 0 amide bonds. The fourth-order valence-corrected chi connectivity index (χ4v) is 2.83. The number of ether oxygens (including phenoxy) is 1. The molecule has 2 unspecified atom stereocenters. The van der Waals surface area contributed by atoms with Crippen LogP contribution in [0.3, 0.4) is 0 Å². The maximum absolute atomic E-state index is 12.1. The highest BCUT2D eigenvalue weighted by Crippen LogP contribution is 2.42. The number of aromatic nitrogens is 2. The molecule has 2 aliphatic rings. The molecule has 1 aromatic heterocycles.